The zero-order valence-electron chi connectivity index (χ0n) is 45.1. The van der Waals surface area contributed by atoms with E-state index >= 15 is 0 Å². The second-order valence-electron chi connectivity index (χ2n) is 21.1. The van der Waals surface area contributed by atoms with Crippen molar-refractivity contribution < 1.29 is 0 Å². The highest BCUT2D eigenvalue weighted by Crippen LogP contribution is 2.47. The van der Waals surface area contributed by atoms with Gasteiger partial charge in [-0.05, 0) is 178 Å². The smallest absolute Gasteiger partial charge is 0.0541 e. The summed E-state index contributed by atoms with van der Waals surface area (Å²) in [6.45, 7) is 0. The third-order valence-corrected chi connectivity index (χ3v) is 16.4. The molecular weight excluding hydrogens is 989 g/mol. The van der Waals surface area contributed by atoms with Gasteiger partial charge in [0.25, 0.3) is 0 Å². The fraction of sp³-hybridized carbons (Fsp3) is 0. The molecule has 0 amide bonds. The van der Waals surface area contributed by atoms with Crippen LogP contribution >= 0.6 is 0 Å². The third-order valence-electron chi connectivity index (χ3n) is 16.4. The minimum atomic E-state index is 1.07. The molecule has 0 saturated heterocycles. The Hall–Kier alpha value is -10.8. The van der Waals surface area contributed by atoms with E-state index in [1.807, 2.05) is 0 Å². The van der Waals surface area contributed by atoms with Crippen LogP contribution < -0.4 is 4.90 Å². The molecule has 384 valence electrons. The summed E-state index contributed by atoms with van der Waals surface area (Å²) < 4.78 is 2.44. The summed E-state index contributed by atoms with van der Waals surface area (Å²) in [6.07, 6.45) is 0. The lowest BCUT2D eigenvalue weighted by Gasteiger charge is -2.26. The van der Waals surface area contributed by atoms with Crippen molar-refractivity contribution in [3.05, 3.63) is 328 Å². The summed E-state index contributed by atoms with van der Waals surface area (Å²) in [5.41, 5.74) is 23.6. The summed E-state index contributed by atoms with van der Waals surface area (Å²) in [5.74, 6) is 0. The lowest BCUT2D eigenvalue weighted by Crippen LogP contribution is -2.10. The molecule has 14 aromatic carbocycles. The number of para-hydroxylation sites is 1. The van der Waals surface area contributed by atoms with Crippen LogP contribution in [0.1, 0.15) is 0 Å². The van der Waals surface area contributed by atoms with Crippen LogP contribution in [0.4, 0.5) is 17.1 Å². The Morgan fingerprint density at radius 1 is 0.195 bits per heavy atom. The largest absolute Gasteiger partial charge is 0.311 e. The molecule has 15 rings (SSSR count). The number of fused-ring (bicyclic) bond motifs is 5. The van der Waals surface area contributed by atoms with Gasteiger partial charge in [0.15, 0.2) is 0 Å². The maximum Gasteiger partial charge on any atom is 0.0541 e. The second kappa shape index (κ2) is 20.8. The number of anilines is 3. The van der Waals surface area contributed by atoms with Gasteiger partial charge in [0.2, 0.25) is 0 Å². The summed E-state index contributed by atoms with van der Waals surface area (Å²) >= 11 is 0. The standard InChI is InChI=1S/C80H54N2/c1-5-22-55(23-6-1)59-28-21-29-62(52-59)80-73-38-19-17-36-71(73)79(72-37-18-20-39-74(72)80)58-40-44-64(45-41-58)81(63-30-11-4-12-31-63)65-46-48-66(49-47-65)82-77-50-42-60(69-34-15-13-32-67(69)56-24-7-2-8-25-56)53-75(77)76-54-61(43-51-78(76)82)70-35-16-14-33-68(70)57-26-9-3-10-27-57/h1-54H. The van der Waals surface area contributed by atoms with E-state index in [-0.39, 0.29) is 0 Å². The van der Waals surface area contributed by atoms with Gasteiger partial charge in [-0.15, -0.1) is 0 Å². The van der Waals surface area contributed by atoms with Gasteiger partial charge in [0.1, 0.15) is 0 Å². The number of nitrogens with zero attached hydrogens (tertiary/aromatic N) is 2. The van der Waals surface area contributed by atoms with Crippen molar-refractivity contribution in [3.8, 4) is 83.6 Å². The van der Waals surface area contributed by atoms with Crippen molar-refractivity contribution in [1.82, 2.24) is 4.57 Å². The minimum absolute atomic E-state index is 1.07. The molecule has 0 aliphatic rings. The van der Waals surface area contributed by atoms with Gasteiger partial charge < -0.3 is 9.47 Å². The van der Waals surface area contributed by atoms with Crippen LogP contribution in [-0.2, 0) is 0 Å². The van der Waals surface area contributed by atoms with Crippen molar-refractivity contribution in [2.45, 2.75) is 0 Å². The molecule has 0 aliphatic carbocycles. The maximum absolute atomic E-state index is 2.44. The molecule has 2 heteroatoms. The van der Waals surface area contributed by atoms with Crippen LogP contribution in [0.15, 0.2) is 328 Å². The van der Waals surface area contributed by atoms with Gasteiger partial charge in [0.05, 0.1) is 11.0 Å². The van der Waals surface area contributed by atoms with Crippen molar-refractivity contribution in [3.63, 3.8) is 0 Å². The fourth-order valence-corrected chi connectivity index (χ4v) is 12.6. The van der Waals surface area contributed by atoms with E-state index in [1.54, 1.807) is 0 Å². The van der Waals surface area contributed by atoms with Crippen molar-refractivity contribution in [1.29, 1.82) is 0 Å². The number of rotatable bonds is 11. The van der Waals surface area contributed by atoms with Crippen LogP contribution in [0.2, 0.25) is 0 Å². The molecule has 1 aromatic heterocycles. The molecule has 0 bridgehead atoms. The normalized spacial score (nSPS) is 11.4. The van der Waals surface area contributed by atoms with Gasteiger partial charge >= 0.3 is 0 Å². The Balaban J connectivity index is 0.837. The highest BCUT2D eigenvalue weighted by atomic mass is 15.1. The number of aromatic nitrogens is 1. The summed E-state index contributed by atoms with van der Waals surface area (Å²) in [5, 5.41) is 7.35. The SMILES string of the molecule is c1ccc(-c2cccc(-c3c4ccccc4c(-c4ccc(N(c5ccccc5)c5ccc(-n6c7ccc(-c8ccccc8-c8ccccc8)cc7c7cc(-c8ccccc8-c8ccccc8)ccc76)cc5)cc4)c4ccccc34)c2)cc1. The van der Waals surface area contributed by atoms with E-state index in [9.17, 15) is 0 Å². The lowest BCUT2D eigenvalue weighted by atomic mass is 9.85. The van der Waals surface area contributed by atoms with Crippen LogP contribution in [-0.4, -0.2) is 4.57 Å². The van der Waals surface area contributed by atoms with Crippen LogP contribution in [0.5, 0.6) is 0 Å². The molecule has 0 saturated carbocycles. The average Bonchev–Trinajstić information content (AvgIpc) is 4.05. The van der Waals surface area contributed by atoms with Crippen molar-refractivity contribution in [2.24, 2.45) is 0 Å². The molecule has 0 unspecified atom stereocenters. The van der Waals surface area contributed by atoms with E-state index in [0.29, 0.717) is 0 Å². The summed E-state index contributed by atoms with van der Waals surface area (Å²) in [7, 11) is 0. The van der Waals surface area contributed by atoms with Crippen LogP contribution in [0, 0.1) is 0 Å². The fourth-order valence-electron chi connectivity index (χ4n) is 12.6. The zero-order valence-corrected chi connectivity index (χ0v) is 45.1. The topological polar surface area (TPSA) is 8.17 Å². The van der Waals surface area contributed by atoms with E-state index in [2.05, 4.69) is 337 Å². The molecule has 15 aromatic rings. The maximum atomic E-state index is 2.44. The van der Waals surface area contributed by atoms with Gasteiger partial charge in [-0.2, -0.15) is 0 Å². The first kappa shape index (κ1) is 48.3. The third kappa shape index (κ3) is 8.62. The van der Waals surface area contributed by atoms with E-state index in [0.717, 1.165) is 33.8 Å². The van der Waals surface area contributed by atoms with Crippen molar-refractivity contribution in [2.75, 3.05) is 4.90 Å². The first-order chi connectivity index (χ1) is 40.7. The minimum Gasteiger partial charge on any atom is -0.311 e. The Labute approximate surface area is 478 Å². The average molecular weight is 1040 g/mol. The van der Waals surface area contributed by atoms with Crippen LogP contribution in [0.3, 0.4) is 0 Å². The molecule has 0 radical (unpaired) electrons. The molecule has 0 atom stereocenters. The van der Waals surface area contributed by atoms with E-state index in [1.165, 1.54) is 110 Å². The quantitative estimate of drug-likeness (QED) is 0.117. The molecule has 82 heavy (non-hydrogen) atoms. The summed E-state index contributed by atoms with van der Waals surface area (Å²) in [4.78, 5) is 2.37. The molecular formula is C80H54N2. The molecule has 0 fully saturated rings. The van der Waals surface area contributed by atoms with E-state index in [4.69, 9.17) is 0 Å². The predicted octanol–water partition coefficient (Wildman–Crippen LogP) is 22.2. The van der Waals surface area contributed by atoms with Crippen molar-refractivity contribution >= 4 is 60.4 Å². The second-order valence-corrected chi connectivity index (χ2v) is 21.1. The highest BCUT2D eigenvalue weighted by molar-refractivity contribution is 6.21. The first-order valence-corrected chi connectivity index (χ1v) is 28.2. The zero-order chi connectivity index (χ0) is 54.3. The van der Waals surface area contributed by atoms with Gasteiger partial charge in [-0.25, -0.2) is 0 Å². The van der Waals surface area contributed by atoms with E-state index < -0.39 is 0 Å². The Kier molecular flexibility index (Phi) is 12.2. The monoisotopic (exact) mass is 1040 g/mol. The molecule has 0 spiro atoms. The van der Waals surface area contributed by atoms with Crippen LogP contribution in [0.25, 0.3) is 127 Å². The molecule has 2 nitrogen and oxygen atoms in total. The predicted molar refractivity (Wildman–Crippen MR) is 349 cm³/mol. The Morgan fingerprint density at radius 3 is 1.01 bits per heavy atom. The highest BCUT2D eigenvalue weighted by Gasteiger charge is 2.21. The van der Waals surface area contributed by atoms with Gasteiger partial charge in [0, 0.05) is 33.5 Å². The molecule has 0 N–H and O–H groups in total. The number of hydrogen-bond acceptors (Lipinski definition) is 1. The van der Waals surface area contributed by atoms with Gasteiger partial charge in [-0.3, -0.25) is 0 Å². The molecule has 0 aliphatic heterocycles. The number of hydrogen-bond donors (Lipinski definition) is 0. The Bertz CT molecular complexity index is 4610. The van der Waals surface area contributed by atoms with Gasteiger partial charge in [-0.1, -0.05) is 249 Å². The molecule has 1 heterocycles. The summed E-state index contributed by atoms with van der Waals surface area (Å²) in [6, 6.07) is 120. The number of benzene rings is 14. The lowest BCUT2D eigenvalue weighted by molar-refractivity contribution is 1.17. The Morgan fingerprint density at radius 2 is 0.537 bits per heavy atom. The first-order valence-electron chi connectivity index (χ1n) is 28.2.